The normalized spacial score (nSPS) is 12.0. The smallest absolute Gasteiger partial charge is 0.331 e. The number of nitrogens with one attached hydrogen (secondary N) is 1. The minimum absolute atomic E-state index is 0.420. The van der Waals surface area contributed by atoms with Gasteiger partial charge >= 0.3 is 5.97 Å². The number of hydrogen-bond donors (Lipinski definition) is 1. The van der Waals surface area contributed by atoms with Crippen LogP contribution in [0.15, 0.2) is 54.6 Å². The Morgan fingerprint density at radius 3 is 2.50 bits per heavy atom. The number of halogens is 1. The summed E-state index contributed by atoms with van der Waals surface area (Å²) in [4.78, 5) is 23.9. The Kier molecular flexibility index (Phi) is 6.15. The van der Waals surface area contributed by atoms with E-state index in [2.05, 4.69) is 5.32 Å². The van der Waals surface area contributed by atoms with E-state index in [0.717, 1.165) is 11.1 Å². The van der Waals surface area contributed by atoms with Gasteiger partial charge in [0.25, 0.3) is 5.91 Å². The van der Waals surface area contributed by atoms with E-state index in [9.17, 15) is 9.59 Å². The summed E-state index contributed by atoms with van der Waals surface area (Å²) in [5.74, 6) is -1.03. The third-order valence-corrected chi connectivity index (χ3v) is 3.71. The maximum Gasteiger partial charge on any atom is 0.331 e. The van der Waals surface area contributed by atoms with Gasteiger partial charge in [-0.05, 0) is 43.2 Å². The molecule has 0 aliphatic rings. The molecule has 0 fully saturated rings. The van der Waals surface area contributed by atoms with Gasteiger partial charge in [0.1, 0.15) is 0 Å². The molecule has 0 radical (unpaired) electrons. The fraction of sp³-hybridized carbons (Fsp3) is 0.158. The largest absolute Gasteiger partial charge is 0.449 e. The van der Waals surface area contributed by atoms with Gasteiger partial charge in [-0.3, -0.25) is 4.79 Å². The number of para-hydroxylation sites is 1. The Balaban J connectivity index is 1.92. The second-order valence-electron chi connectivity index (χ2n) is 5.24. The van der Waals surface area contributed by atoms with E-state index < -0.39 is 18.0 Å². The lowest BCUT2D eigenvalue weighted by Crippen LogP contribution is -2.29. The SMILES string of the molecule is Cc1ccccc1/C=C/C(=O)O[C@@H](C)C(=O)Nc1ccccc1Cl. The minimum Gasteiger partial charge on any atom is -0.449 e. The fourth-order valence-electron chi connectivity index (χ4n) is 2.00. The second-order valence-corrected chi connectivity index (χ2v) is 5.65. The molecule has 1 N–H and O–H groups in total. The summed E-state index contributed by atoms with van der Waals surface area (Å²) in [5, 5.41) is 3.05. The zero-order valence-electron chi connectivity index (χ0n) is 13.5. The molecule has 4 nitrogen and oxygen atoms in total. The van der Waals surface area contributed by atoms with Gasteiger partial charge in [0.05, 0.1) is 10.7 Å². The molecule has 0 heterocycles. The lowest BCUT2D eigenvalue weighted by Gasteiger charge is -2.13. The zero-order valence-corrected chi connectivity index (χ0v) is 14.2. The van der Waals surface area contributed by atoms with Crippen LogP contribution in [0, 0.1) is 6.92 Å². The van der Waals surface area contributed by atoms with Gasteiger partial charge in [0.2, 0.25) is 0 Å². The van der Waals surface area contributed by atoms with Crippen molar-refractivity contribution in [3.8, 4) is 0 Å². The molecule has 5 heteroatoms. The fourth-order valence-corrected chi connectivity index (χ4v) is 2.18. The van der Waals surface area contributed by atoms with Crippen LogP contribution in [-0.4, -0.2) is 18.0 Å². The van der Waals surface area contributed by atoms with Crippen LogP contribution in [0.25, 0.3) is 6.08 Å². The van der Waals surface area contributed by atoms with E-state index in [1.54, 1.807) is 30.3 Å². The van der Waals surface area contributed by atoms with E-state index >= 15 is 0 Å². The van der Waals surface area contributed by atoms with Gasteiger partial charge in [-0.25, -0.2) is 4.79 Å². The number of aryl methyl sites for hydroxylation is 1. The van der Waals surface area contributed by atoms with Crippen LogP contribution in [0.3, 0.4) is 0 Å². The Morgan fingerprint density at radius 1 is 1.12 bits per heavy atom. The number of amides is 1. The number of rotatable bonds is 5. The van der Waals surface area contributed by atoms with Crippen LogP contribution in [0.5, 0.6) is 0 Å². The molecular weight excluding hydrogens is 326 g/mol. The second kappa shape index (κ2) is 8.31. The molecule has 2 aromatic carbocycles. The third kappa shape index (κ3) is 4.96. The highest BCUT2D eigenvalue weighted by molar-refractivity contribution is 6.33. The summed E-state index contributed by atoms with van der Waals surface area (Å²) >= 11 is 5.98. The molecule has 0 saturated carbocycles. The molecule has 2 aromatic rings. The molecule has 0 bridgehead atoms. The molecule has 0 aromatic heterocycles. The summed E-state index contributed by atoms with van der Waals surface area (Å²) in [6, 6.07) is 14.5. The van der Waals surface area contributed by atoms with Crippen molar-refractivity contribution in [1.82, 2.24) is 0 Å². The van der Waals surface area contributed by atoms with Crippen molar-refractivity contribution in [3.63, 3.8) is 0 Å². The molecule has 1 amide bonds. The van der Waals surface area contributed by atoms with E-state index in [1.807, 2.05) is 31.2 Å². The third-order valence-electron chi connectivity index (χ3n) is 3.38. The summed E-state index contributed by atoms with van der Waals surface area (Å²) in [7, 11) is 0. The topological polar surface area (TPSA) is 55.4 Å². The molecular formula is C19H18ClNO3. The van der Waals surface area contributed by atoms with Crippen molar-refractivity contribution in [2.75, 3.05) is 5.32 Å². The van der Waals surface area contributed by atoms with Gasteiger partial charge in [0, 0.05) is 6.08 Å². The van der Waals surface area contributed by atoms with Crippen molar-refractivity contribution in [3.05, 3.63) is 70.8 Å². The van der Waals surface area contributed by atoms with Crippen molar-refractivity contribution in [1.29, 1.82) is 0 Å². The predicted molar refractivity (Wildman–Crippen MR) is 95.8 cm³/mol. The van der Waals surface area contributed by atoms with Crippen LogP contribution in [0.4, 0.5) is 5.69 Å². The molecule has 24 heavy (non-hydrogen) atoms. The lowest BCUT2D eigenvalue weighted by atomic mass is 10.1. The first kappa shape index (κ1) is 17.8. The maximum atomic E-state index is 12.1. The molecule has 2 rings (SSSR count). The van der Waals surface area contributed by atoms with Gasteiger partial charge < -0.3 is 10.1 Å². The molecule has 0 unspecified atom stereocenters. The van der Waals surface area contributed by atoms with Gasteiger partial charge in [-0.2, -0.15) is 0 Å². The number of esters is 1. The number of carbonyl (C=O) groups is 2. The Bertz CT molecular complexity index is 771. The van der Waals surface area contributed by atoms with Gasteiger partial charge in [0.15, 0.2) is 6.10 Å². The molecule has 1 atom stereocenters. The highest BCUT2D eigenvalue weighted by Gasteiger charge is 2.17. The molecule has 0 spiro atoms. The number of hydrogen-bond acceptors (Lipinski definition) is 3. The number of carbonyl (C=O) groups excluding carboxylic acids is 2. The number of anilines is 1. The van der Waals surface area contributed by atoms with Crippen LogP contribution in [0.2, 0.25) is 5.02 Å². The highest BCUT2D eigenvalue weighted by atomic mass is 35.5. The van der Waals surface area contributed by atoms with E-state index in [0.29, 0.717) is 10.7 Å². The van der Waals surface area contributed by atoms with Crippen molar-refractivity contribution < 1.29 is 14.3 Å². The summed E-state index contributed by atoms with van der Waals surface area (Å²) in [6.07, 6.45) is 2.04. The number of ether oxygens (including phenoxy) is 1. The summed E-state index contributed by atoms with van der Waals surface area (Å²) in [6.45, 7) is 3.45. The Labute approximate surface area is 146 Å². The molecule has 0 saturated heterocycles. The van der Waals surface area contributed by atoms with E-state index in [-0.39, 0.29) is 0 Å². The summed E-state index contributed by atoms with van der Waals surface area (Å²) in [5.41, 5.74) is 2.44. The first-order valence-electron chi connectivity index (χ1n) is 7.47. The van der Waals surface area contributed by atoms with Crippen molar-refractivity contribution in [2.24, 2.45) is 0 Å². The van der Waals surface area contributed by atoms with Crippen LogP contribution < -0.4 is 5.32 Å². The van der Waals surface area contributed by atoms with Crippen LogP contribution >= 0.6 is 11.6 Å². The zero-order chi connectivity index (χ0) is 17.5. The average molecular weight is 344 g/mol. The van der Waals surface area contributed by atoms with Gasteiger partial charge in [-0.1, -0.05) is 48.0 Å². The maximum absolute atomic E-state index is 12.1. The molecule has 0 aliphatic heterocycles. The van der Waals surface area contributed by atoms with Crippen molar-refractivity contribution in [2.45, 2.75) is 20.0 Å². The van der Waals surface area contributed by atoms with Crippen LogP contribution in [0.1, 0.15) is 18.1 Å². The monoisotopic (exact) mass is 343 g/mol. The van der Waals surface area contributed by atoms with Crippen LogP contribution in [-0.2, 0) is 14.3 Å². The molecule has 0 aliphatic carbocycles. The minimum atomic E-state index is -0.935. The van der Waals surface area contributed by atoms with E-state index in [4.69, 9.17) is 16.3 Å². The Morgan fingerprint density at radius 2 is 1.79 bits per heavy atom. The Hall–Kier alpha value is -2.59. The quantitative estimate of drug-likeness (QED) is 0.652. The predicted octanol–water partition coefficient (Wildman–Crippen LogP) is 4.23. The number of benzene rings is 2. The highest BCUT2D eigenvalue weighted by Crippen LogP contribution is 2.20. The summed E-state index contributed by atoms with van der Waals surface area (Å²) < 4.78 is 5.10. The first-order chi connectivity index (χ1) is 11.5. The van der Waals surface area contributed by atoms with Gasteiger partial charge in [-0.15, -0.1) is 0 Å². The average Bonchev–Trinajstić information content (AvgIpc) is 2.56. The lowest BCUT2D eigenvalue weighted by molar-refractivity contribution is -0.148. The molecule has 124 valence electrons. The van der Waals surface area contributed by atoms with E-state index in [1.165, 1.54) is 13.0 Å². The standard InChI is InChI=1S/C19H18ClNO3/c1-13-7-3-4-8-15(13)11-12-18(22)24-14(2)19(23)21-17-10-6-5-9-16(17)20/h3-12,14H,1-2H3,(H,21,23)/b12-11+/t14-/m0/s1. The first-order valence-corrected chi connectivity index (χ1v) is 7.85. The van der Waals surface area contributed by atoms with Crippen molar-refractivity contribution >= 4 is 35.2 Å².